The van der Waals surface area contributed by atoms with E-state index in [4.69, 9.17) is 4.74 Å². The standard InChI is InChI=1S/C30H31F3N6O3/c1-17-11-18(2)13-19(12-17)39-26(16-25(38-39)29(3,4)5)37-28(41)36-23-8-7-20(14-22(23)30(31,32)33)42-21-9-10-35-24(15-21)27(40)34-6/h7-16H,1-6H3,(H,34,40)(H2,36,37,41). The summed E-state index contributed by atoms with van der Waals surface area (Å²) in [5.74, 6) is -0.217. The van der Waals surface area contributed by atoms with Crippen LogP contribution in [0.3, 0.4) is 0 Å². The molecule has 0 aliphatic heterocycles. The highest BCUT2D eigenvalue weighted by Crippen LogP contribution is 2.38. The van der Waals surface area contributed by atoms with Crippen LogP contribution in [0.4, 0.5) is 29.5 Å². The molecule has 4 aromatic rings. The fourth-order valence-electron chi connectivity index (χ4n) is 4.17. The van der Waals surface area contributed by atoms with Gasteiger partial charge in [-0.2, -0.15) is 18.3 Å². The lowest BCUT2D eigenvalue weighted by Crippen LogP contribution is -2.23. The highest BCUT2D eigenvalue weighted by molar-refractivity contribution is 6.00. The minimum absolute atomic E-state index is 0.0377. The highest BCUT2D eigenvalue weighted by Gasteiger charge is 2.35. The number of carbonyl (C=O) groups is 2. The fraction of sp³-hybridized carbons (Fsp3) is 0.267. The third kappa shape index (κ3) is 7.06. The van der Waals surface area contributed by atoms with E-state index in [0.717, 1.165) is 23.3 Å². The van der Waals surface area contributed by atoms with Gasteiger partial charge in [0.1, 0.15) is 23.0 Å². The van der Waals surface area contributed by atoms with Crippen LogP contribution < -0.4 is 20.7 Å². The Labute approximate surface area is 241 Å². The number of pyridine rings is 1. The topological polar surface area (TPSA) is 110 Å². The Morgan fingerprint density at radius 2 is 1.55 bits per heavy atom. The number of benzene rings is 2. The molecule has 2 aromatic carbocycles. The number of carbonyl (C=O) groups excluding carboxylic acids is 2. The first-order valence-electron chi connectivity index (χ1n) is 13.0. The number of nitrogens with one attached hydrogen (secondary N) is 3. The van der Waals surface area contributed by atoms with E-state index >= 15 is 0 Å². The second kappa shape index (κ2) is 11.6. The number of aromatic nitrogens is 3. The van der Waals surface area contributed by atoms with Gasteiger partial charge in [0.25, 0.3) is 5.91 Å². The van der Waals surface area contributed by atoms with Crippen LogP contribution in [0.15, 0.2) is 60.8 Å². The van der Waals surface area contributed by atoms with Gasteiger partial charge >= 0.3 is 12.2 Å². The van der Waals surface area contributed by atoms with Crippen molar-refractivity contribution in [2.24, 2.45) is 0 Å². The van der Waals surface area contributed by atoms with Crippen LogP contribution in [0.5, 0.6) is 11.5 Å². The minimum Gasteiger partial charge on any atom is -0.457 e. The van der Waals surface area contributed by atoms with Gasteiger partial charge in [0.05, 0.1) is 22.6 Å². The average molecular weight is 581 g/mol. The number of nitrogens with zero attached hydrogens (tertiary/aromatic N) is 3. The van der Waals surface area contributed by atoms with Crippen molar-refractivity contribution in [1.82, 2.24) is 20.1 Å². The molecule has 2 heterocycles. The van der Waals surface area contributed by atoms with E-state index in [9.17, 15) is 22.8 Å². The van der Waals surface area contributed by atoms with Crippen molar-refractivity contribution in [2.45, 2.75) is 46.2 Å². The molecule has 0 bridgehead atoms. The number of ether oxygens (including phenoxy) is 1. The molecule has 4 rings (SSSR count). The molecule has 2 aromatic heterocycles. The summed E-state index contributed by atoms with van der Waals surface area (Å²) in [6, 6.07) is 12.5. The number of hydrogen-bond donors (Lipinski definition) is 3. The number of anilines is 2. The average Bonchev–Trinajstić information content (AvgIpc) is 3.32. The summed E-state index contributed by atoms with van der Waals surface area (Å²) in [5.41, 5.74) is 1.46. The van der Waals surface area contributed by atoms with E-state index in [1.807, 2.05) is 52.8 Å². The summed E-state index contributed by atoms with van der Waals surface area (Å²) in [6.07, 6.45) is -3.51. The maximum atomic E-state index is 14.1. The van der Waals surface area contributed by atoms with Gasteiger partial charge in [0.2, 0.25) is 0 Å². The molecule has 3 amide bonds. The molecule has 0 unspecified atom stereocenters. The Bertz CT molecular complexity index is 1620. The number of amides is 3. The molecule has 0 saturated carbocycles. The van der Waals surface area contributed by atoms with Gasteiger partial charge in [-0.15, -0.1) is 0 Å². The lowest BCUT2D eigenvalue weighted by molar-refractivity contribution is -0.137. The number of urea groups is 1. The maximum absolute atomic E-state index is 14.1. The van der Waals surface area contributed by atoms with Crippen molar-refractivity contribution in [2.75, 3.05) is 17.7 Å². The van der Waals surface area contributed by atoms with E-state index in [0.29, 0.717) is 17.2 Å². The van der Waals surface area contributed by atoms with Gasteiger partial charge < -0.3 is 15.4 Å². The Morgan fingerprint density at radius 1 is 0.881 bits per heavy atom. The van der Waals surface area contributed by atoms with Gasteiger partial charge in [-0.05, 0) is 61.4 Å². The fourth-order valence-corrected chi connectivity index (χ4v) is 4.17. The second-order valence-corrected chi connectivity index (χ2v) is 10.8. The van der Waals surface area contributed by atoms with Gasteiger partial charge in [0.15, 0.2) is 0 Å². The Morgan fingerprint density at radius 3 is 2.17 bits per heavy atom. The molecular weight excluding hydrogens is 549 g/mol. The first-order chi connectivity index (χ1) is 19.6. The number of aryl methyl sites for hydroxylation is 2. The van der Waals surface area contributed by atoms with Crippen LogP contribution in [0.2, 0.25) is 0 Å². The predicted octanol–water partition coefficient (Wildman–Crippen LogP) is 7.00. The smallest absolute Gasteiger partial charge is 0.418 e. The third-order valence-electron chi connectivity index (χ3n) is 6.14. The van der Waals surface area contributed by atoms with Crippen LogP contribution in [0, 0.1) is 13.8 Å². The molecule has 0 fully saturated rings. The number of halogens is 3. The van der Waals surface area contributed by atoms with Gasteiger partial charge in [-0.1, -0.05) is 26.8 Å². The van der Waals surface area contributed by atoms with Crippen LogP contribution in [0.1, 0.15) is 53.6 Å². The number of hydrogen-bond acceptors (Lipinski definition) is 5. The Hall–Kier alpha value is -4.87. The molecule has 220 valence electrons. The van der Waals surface area contributed by atoms with Crippen molar-refractivity contribution in [3.05, 3.63) is 88.9 Å². The summed E-state index contributed by atoms with van der Waals surface area (Å²) in [5, 5.41) is 12.0. The molecule has 42 heavy (non-hydrogen) atoms. The molecule has 0 saturated heterocycles. The second-order valence-electron chi connectivity index (χ2n) is 10.8. The molecule has 9 nitrogen and oxygen atoms in total. The summed E-state index contributed by atoms with van der Waals surface area (Å²) < 4.78 is 49.3. The first kappa shape index (κ1) is 30.1. The largest absolute Gasteiger partial charge is 0.457 e. The van der Waals surface area contributed by atoms with E-state index in [2.05, 4.69) is 26.0 Å². The molecule has 0 atom stereocenters. The van der Waals surface area contributed by atoms with Crippen molar-refractivity contribution in [1.29, 1.82) is 0 Å². The normalized spacial score (nSPS) is 11.6. The monoisotopic (exact) mass is 580 g/mol. The van der Waals surface area contributed by atoms with E-state index in [-0.39, 0.29) is 22.6 Å². The highest BCUT2D eigenvalue weighted by atomic mass is 19.4. The zero-order valence-corrected chi connectivity index (χ0v) is 24.0. The van der Waals surface area contributed by atoms with Gasteiger partial charge in [-0.25, -0.2) is 9.48 Å². The zero-order chi connectivity index (χ0) is 30.8. The summed E-state index contributed by atoms with van der Waals surface area (Å²) in [4.78, 5) is 28.8. The maximum Gasteiger partial charge on any atom is 0.418 e. The van der Waals surface area contributed by atoms with E-state index in [1.165, 1.54) is 31.4 Å². The predicted molar refractivity (Wildman–Crippen MR) is 154 cm³/mol. The van der Waals surface area contributed by atoms with Gasteiger partial charge in [-0.3, -0.25) is 15.1 Å². The molecular formula is C30H31F3N6O3. The van der Waals surface area contributed by atoms with Crippen LogP contribution >= 0.6 is 0 Å². The lowest BCUT2D eigenvalue weighted by atomic mass is 9.92. The minimum atomic E-state index is -4.81. The van der Waals surface area contributed by atoms with Crippen molar-refractivity contribution in [3.8, 4) is 17.2 Å². The molecule has 12 heteroatoms. The Balaban J connectivity index is 1.62. The van der Waals surface area contributed by atoms with E-state index < -0.39 is 29.4 Å². The van der Waals surface area contributed by atoms with Crippen molar-refractivity contribution in [3.63, 3.8) is 0 Å². The van der Waals surface area contributed by atoms with Crippen LogP contribution in [-0.2, 0) is 11.6 Å². The molecule has 3 N–H and O–H groups in total. The van der Waals surface area contributed by atoms with Crippen LogP contribution in [0.25, 0.3) is 5.69 Å². The quantitative estimate of drug-likeness (QED) is 0.228. The third-order valence-corrected chi connectivity index (χ3v) is 6.14. The van der Waals surface area contributed by atoms with Crippen molar-refractivity contribution >= 4 is 23.4 Å². The SMILES string of the molecule is CNC(=O)c1cc(Oc2ccc(NC(=O)Nc3cc(C(C)(C)C)nn3-c3cc(C)cc(C)c3)c(C(F)(F)F)c2)ccn1. The molecule has 0 radical (unpaired) electrons. The molecule has 0 aliphatic rings. The molecule has 0 aliphatic carbocycles. The van der Waals surface area contributed by atoms with Gasteiger partial charge in [0, 0.05) is 30.8 Å². The number of rotatable bonds is 6. The summed E-state index contributed by atoms with van der Waals surface area (Å²) >= 11 is 0. The van der Waals surface area contributed by atoms with Crippen molar-refractivity contribution < 1.29 is 27.5 Å². The van der Waals surface area contributed by atoms with E-state index in [1.54, 1.807) is 10.7 Å². The zero-order valence-electron chi connectivity index (χ0n) is 24.0. The lowest BCUT2D eigenvalue weighted by Gasteiger charge is -2.16. The Kier molecular flexibility index (Phi) is 8.28. The summed E-state index contributed by atoms with van der Waals surface area (Å²) in [7, 11) is 1.43. The number of alkyl halides is 3. The first-order valence-corrected chi connectivity index (χ1v) is 13.0. The summed E-state index contributed by atoms with van der Waals surface area (Å²) in [6.45, 7) is 9.78. The van der Waals surface area contributed by atoms with Crippen LogP contribution in [-0.4, -0.2) is 33.8 Å². The molecule has 0 spiro atoms.